The van der Waals surface area contributed by atoms with Crippen LogP contribution in [0.15, 0.2) is 78.4 Å². The van der Waals surface area contributed by atoms with Gasteiger partial charge in [-0.2, -0.15) is 0 Å². The Morgan fingerprint density at radius 3 is 2.36 bits per heavy atom. The van der Waals surface area contributed by atoms with Gasteiger partial charge in [0, 0.05) is 22.2 Å². The normalized spacial score (nSPS) is 17.1. The van der Waals surface area contributed by atoms with E-state index in [0.717, 1.165) is 14.7 Å². The highest BCUT2D eigenvalue weighted by Crippen LogP contribution is 2.39. The molecule has 1 amide bonds. The molecule has 1 atom stereocenters. The van der Waals surface area contributed by atoms with E-state index in [2.05, 4.69) is 28.7 Å². The molecule has 0 saturated carbocycles. The fourth-order valence-corrected chi connectivity index (χ4v) is 4.60. The van der Waals surface area contributed by atoms with Crippen LogP contribution < -0.4 is 4.74 Å². The number of Topliss-reactive ketones (excluding diaryl/α,β-unsaturated/α-hetero) is 1. The van der Waals surface area contributed by atoms with Crippen LogP contribution in [0, 0.1) is 10.5 Å². The maximum atomic E-state index is 13.1. The average Bonchev–Trinajstić information content (AvgIpc) is 3.11. The number of rotatable bonds is 8. The molecular weight excluding hydrogens is 567 g/mol. The standard InChI is InChI=1S/C29H29IN2O4/c1-19-5-4-6-20(17-19)18-36-24-13-9-22(10-14-24)27(33)25-26(21-7-11-23(30)12-8-21)32(16-15-31(2)3)29(35)28(25)34/h4-14,17,26,33H,15-16,18H2,1-3H3/b27-25+. The molecule has 0 bridgehead atoms. The van der Waals surface area contributed by atoms with Crippen LogP contribution in [0.25, 0.3) is 5.76 Å². The van der Waals surface area contributed by atoms with Gasteiger partial charge in [-0.05, 0) is 91.1 Å². The molecule has 1 aliphatic heterocycles. The van der Waals surface area contributed by atoms with Crippen LogP contribution >= 0.6 is 22.6 Å². The molecule has 1 unspecified atom stereocenters. The highest BCUT2D eigenvalue weighted by Gasteiger charge is 2.45. The topological polar surface area (TPSA) is 70.1 Å². The van der Waals surface area contributed by atoms with Crippen molar-refractivity contribution in [1.29, 1.82) is 0 Å². The summed E-state index contributed by atoms with van der Waals surface area (Å²) in [5.41, 5.74) is 3.58. The van der Waals surface area contributed by atoms with Crippen LogP contribution in [0.2, 0.25) is 0 Å². The summed E-state index contributed by atoms with van der Waals surface area (Å²) in [5, 5.41) is 11.2. The first kappa shape index (κ1) is 25.9. The molecule has 4 rings (SSSR count). The molecule has 36 heavy (non-hydrogen) atoms. The van der Waals surface area contributed by atoms with Crippen LogP contribution in [-0.4, -0.2) is 53.8 Å². The number of aliphatic hydroxyl groups is 1. The zero-order chi connectivity index (χ0) is 25.8. The summed E-state index contributed by atoms with van der Waals surface area (Å²) >= 11 is 2.21. The van der Waals surface area contributed by atoms with E-state index in [1.165, 1.54) is 5.56 Å². The summed E-state index contributed by atoms with van der Waals surface area (Å²) in [6, 6.07) is 22.0. The molecule has 3 aromatic carbocycles. The third-order valence-electron chi connectivity index (χ3n) is 6.13. The first-order valence-corrected chi connectivity index (χ1v) is 12.8. The Kier molecular flexibility index (Phi) is 8.11. The summed E-state index contributed by atoms with van der Waals surface area (Å²) in [4.78, 5) is 29.6. The molecule has 7 heteroatoms. The van der Waals surface area contributed by atoms with Crippen molar-refractivity contribution >= 4 is 40.0 Å². The van der Waals surface area contributed by atoms with Crippen molar-refractivity contribution in [2.45, 2.75) is 19.6 Å². The number of likely N-dealkylation sites (N-methyl/N-ethyl adjacent to an activating group) is 1. The van der Waals surface area contributed by atoms with Crippen molar-refractivity contribution in [1.82, 2.24) is 9.80 Å². The lowest BCUT2D eigenvalue weighted by molar-refractivity contribution is -0.140. The van der Waals surface area contributed by atoms with Gasteiger partial charge in [-0.3, -0.25) is 9.59 Å². The third-order valence-corrected chi connectivity index (χ3v) is 6.85. The quantitative estimate of drug-likeness (QED) is 0.169. The van der Waals surface area contributed by atoms with Gasteiger partial charge in [-0.15, -0.1) is 0 Å². The predicted molar refractivity (Wildman–Crippen MR) is 149 cm³/mol. The molecule has 0 spiro atoms. The summed E-state index contributed by atoms with van der Waals surface area (Å²) < 4.78 is 6.93. The van der Waals surface area contributed by atoms with Crippen LogP contribution in [0.4, 0.5) is 0 Å². The fraction of sp³-hybridized carbons (Fsp3) is 0.241. The van der Waals surface area contributed by atoms with Crippen LogP contribution in [0.5, 0.6) is 5.75 Å². The number of aryl methyl sites for hydroxylation is 1. The average molecular weight is 596 g/mol. The van der Waals surface area contributed by atoms with E-state index < -0.39 is 17.7 Å². The number of likely N-dealkylation sites (tertiary alicyclic amines) is 1. The van der Waals surface area contributed by atoms with Crippen LogP contribution in [0.1, 0.15) is 28.3 Å². The number of halogens is 1. The van der Waals surface area contributed by atoms with Gasteiger partial charge in [0.2, 0.25) is 0 Å². The molecule has 1 heterocycles. The van der Waals surface area contributed by atoms with Gasteiger partial charge in [0.05, 0.1) is 11.6 Å². The molecule has 3 aromatic rings. The summed E-state index contributed by atoms with van der Waals surface area (Å²) in [5.74, 6) is -0.808. The van der Waals surface area contributed by atoms with Crippen LogP contribution in [-0.2, 0) is 16.2 Å². The van der Waals surface area contributed by atoms with E-state index in [1.54, 1.807) is 29.2 Å². The minimum atomic E-state index is -0.672. The number of benzene rings is 3. The SMILES string of the molecule is Cc1cccc(COc2ccc(/C(O)=C3\C(=O)C(=O)N(CCN(C)C)C3c3ccc(I)cc3)cc2)c1. The maximum Gasteiger partial charge on any atom is 0.295 e. The van der Waals surface area contributed by atoms with Gasteiger partial charge in [0.15, 0.2) is 0 Å². The number of ketones is 1. The molecule has 1 N–H and O–H groups in total. The van der Waals surface area contributed by atoms with E-state index in [9.17, 15) is 14.7 Å². The molecular formula is C29H29IN2O4. The smallest absolute Gasteiger partial charge is 0.295 e. The minimum Gasteiger partial charge on any atom is -0.507 e. The predicted octanol–water partition coefficient (Wildman–Crippen LogP) is 5.16. The lowest BCUT2D eigenvalue weighted by Crippen LogP contribution is -2.35. The summed E-state index contributed by atoms with van der Waals surface area (Å²) in [7, 11) is 3.83. The number of aliphatic hydroxyl groups excluding tert-OH is 1. The van der Waals surface area contributed by atoms with Crippen molar-refractivity contribution < 1.29 is 19.4 Å². The summed E-state index contributed by atoms with van der Waals surface area (Å²) in [6.45, 7) is 3.43. The van der Waals surface area contributed by atoms with Crippen molar-refractivity contribution in [2.24, 2.45) is 0 Å². The van der Waals surface area contributed by atoms with Crippen LogP contribution in [0.3, 0.4) is 0 Å². The second-order valence-electron chi connectivity index (χ2n) is 9.15. The molecule has 1 aliphatic rings. The number of nitrogens with zero attached hydrogens (tertiary/aromatic N) is 2. The Hall–Kier alpha value is -3.17. The Labute approximate surface area is 225 Å². The Bertz CT molecular complexity index is 1280. The zero-order valence-corrected chi connectivity index (χ0v) is 22.7. The molecule has 0 aromatic heterocycles. The molecule has 6 nitrogen and oxygen atoms in total. The number of carbonyl (C=O) groups excluding carboxylic acids is 2. The largest absolute Gasteiger partial charge is 0.507 e. The first-order chi connectivity index (χ1) is 17.2. The van der Waals surface area contributed by atoms with Gasteiger partial charge in [-0.25, -0.2) is 0 Å². The highest BCUT2D eigenvalue weighted by atomic mass is 127. The molecule has 0 radical (unpaired) electrons. The van der Waals surface area contributed by atoms with Gasteiger partial charge in [-0.1, -0.05) is 42.0 Å². The molecule has 1 saturated heterocycles. The van der Waals surface area contributed by atoms with E-state index in [0.29, 0.717) is 31.0 Å². The van der Waals surface area contributed by atoms with Crippen molar-refractivity contribution in [3.63, 3.8) is 0 Å². The van der Waals surface area contributed by atoms with Crippen molar-refractivity contribution in [3.05, 3.63) is 104 Å². The number of hydrogen-bond donors (Lipinski definition) is 1. The van der Waals surface area contributed by atoms with Gasteiger partial charge in [0.25, 0.3) is 11.7 Å². The van der Waals surface area contributed by atoms with Crippen molar-refractivity contribution in [3.8, 4) is 5.75 Å². The molecule has 1 fully saturated rings. The maximum absolute atomic E-state index is 13.1. The van der Waals surface area contributed by atoms with Crippen molar-refractivity contribution in [2.75, 3.05) is 27.2 Å². The third kappa shape index (κ3) is 5.79. The zero-order valence-electron chi connectivity index (χ0n) is 20.6. The molecule has 0 aliphatic carbocycles. The Morgan fingerprint density at radius 2 is 1.72 bits per heavy atom. The van der Waals surface area contributed by atoms with E-state index in [1.807, 2.05) is 68.4 Å². The van der Waals surface area contributed by atoms with Gasteiger partial charge >= 0.3 is 0 Å². The minimum absolute atomic E-state index is 0.105. The van der Waals surface area contributed by atoms with Gasteiger partial charge in [0.1, 0.15) is 18.1 Å². The number of hydrogen-bond acceptors (Lipinski definition) is 5. The first-order valence-electron chi connectivity index (χ1n) is 11.7. The second kappa shape index (κ2) is 11.3. The highest BCUT2D eigenvalue weighted by molar-refractivity contribution is 14.1. The van der Waals surface area contributed by atoms with Gasteiger partial charge < -0.3 is 19.6 Å². The Morgan fingerprint density at radius 1 is 1.03 bits per heavy atom. The lowest BCUT2D eigenvalue weighted by atomic mass is 9.95. The molecule has 186 valence electrons. The number of ether oxygens (including phenoxy) is 1. The second-order valence-corrected chi connectivity index (χ2v) is 10.4. The fourth-order valence-electron chi connectivity index (χ4n) is 4.24. The monoisotopic (exact) mass is 596 g/mol. The summed E-state index contributed by atoms with van der Waals surface area (Å²) in [6.07, 6.45) is 0. The lowest BCUT2D eigenvalue weighted by Gasteiger charge is -2.26. The van der Waals surface area contributed by atoms with E-state index in [-0.39, 0.29) is 11.3 Å². The van der Waals surface area contributed by atoms with E-state index >= 15 is 0 Å². The van der Waals surface area contributed by atoms with E-state index in [4.69, 9.17) is 4.74 Å². The number of amides is 1. The number of carbonyl (C=O) groups is 2. The Balaban J connectivity index is 1.64.